The summed E-state index contributed by atoms with van der Waals surface area (Å²) in [6.45, 7) is 2.04. The molecule has 88 valence electrons. The average Bonchev–Trinajstić information content (AvgIpc) is 2.66. The van der Waals surface area contributed by atoms with Crippen LogP contribution in [0.25, 0.3) is 0 Å². The van der Waals surface area contributed by atoms with Gasteiger partial charge in [0.1, 0.15) is 5.82 Å². The van der Waals surface area contributed by atoms with Crippen LogP contribution in [0.15, 0.2) is 24.3 Å². The van der Waals surface area contributed by atoms with Gasteiger partial charge in [0.2, 0.25) is 0 Å². The van der Waals surface area contributed by atoms with Crippen LogP contribution in [-0.2, 0) is 4.74 Å². The summed E-state index contributed by atoms with van der Waals surface area (Å²) >= 11 is 0. The van der Waals surface area contributed by atoms with E-state index in [0.717, 1.165) is 18.4 Å². The first kappa shape index (κ1) is 11.5. The van der Waals surface area contributed by atoms with Crippen LogP contribution in [0.4, 0.5) is 4.39 Å². The van der Waals surface area contributed by atoms with E-state index in [0.29, 0.717) is 0 Å². The Morgan fingerprint density at radius 1 is 1.50 bits per heavy atom. The zero-order valence-electron chi connectivity index (χ0n) is 9.32. The maximum absolute atomic E-state index is 13.1. The number of rotatable bonds is 3. The van der Waals surface area contributed by atoms with E-state index in [1.165, 1.54) is 12.1 Å². The molecule has 2 rings (SSSR count). The van der Waals surface area contributed by atoms with Crippen LogP contribution in [0.2, 0.25) is 0 Å². The van der Waals surface area contributed by atoms with Gasteiger partial charge in [-0.25, -0.2) is 4.39 Å². The first-order valence-corrected chi connectivity index (χ1v) is 5.57. The Kier molecular flexibility index (Phi) is 3.53. The van der Waals surface area contributed by atoms with E-state index in [2.05, 4.69) is 5.43 Å². The van der Waals surface area contributed by atoms with E-state index in [4.69, 9.17) is 10.6 Å². The number of hydrazine groups is 1. The molecule has 0 aromatic heterocycles. The quantitative estimate of drug-likeness (QED) is 0.609. The van der Waals surface area contributed by atoms with Gasteiger partial charge in [-0.1, -0.05) is 12.1 Å². The summed E-state index contributed by atoms with van der Waals surface area (Å²) in [5, 5.41) is 0. The van der Waals surface area contributed by atoms with Gasteiger partial charge < -0.3 is 4.74 Å². The number of halogens is 1. The van der Waals surface area contributed by atoms with Gasteiger partial charge >= 0.3 is 0 Å². The molecule has 1 saturated heterocycles. The van der Waals surface area contributed by atoms with Gasteiger partial charge in [0.15, 0.2) is 0 Å². The smallest absolute Gasteiger partial charge is 0.123 e. The zero-order valence-corrected chi connectivity index (χ0v) is 9.32. The van der Waals surface area contributed by atoms with Crippen LogP contribution in [0.3, 0.4) is 0 Å². The highest BCUT2D eigenvalue weighted by molar-refractivity contribution is 5.21. The molecule has 16 heavy (non-hydrogen) atoms. The fraction of sp³-hybridized carbons (Fsp3) is 0.500. The van der Waals surface area contributed by atoms with Crippen molar-refractivity contribution in [2.24, 2.45) is 5.84 Å². The molecule has 3 N–H and O–H groups in total. The minimum absolute atomic E-state index is 0.0294. The molecule has 4 heteroatoms. The van der Waals surface area contributed by atoms with Crippen molar-refractivity contribution in [1.82, 2.24) is 5.43 Å². The molecule has 3 unspecified atom stereocenters. The lowest BCUT2D eigenvalue weighted by Crippen LogP contribution is -2.36. The Morgan fingerprint density at radius 3 is 2.88 bits per heavy atom. The third kappa shape index (κ3) is 2.40. The van der Waals surface area contributed by atoms with Crippen molar-refractivity contribution in [1.29, 1.82) is 0 Å². The number of hydrogen-bond donors (Lipinski definition) is 2. The number of nitrogens with two attached hydrogens (primary N) is 1. The second-order valence-corrected chi connectivity index (χ2v) is 4.26. The number of ether oxygens (including phenoxy) is 1. The van der Waals surface area contributed by atoms with Gasteiger partial charge in [-0.2, -0.15) is 0 Å². The lowest BCUT2D eigenvalue weighted by molar-refractivity contribution is 0.0315. The fourth-order valence-electron chi connectivity index (χ4n) is 2.20. The second-order valence-electron chi connectivity index (χ2n) is 4.26. The van der Waals surface area contributed by atoms with Crippen molar-refractivity contribution in [3.05, 3.63) is 35.6 Å². The number of nitrogens with one attached hydrogen (secondary N) is 1. The SMILES string of the molecule is CC1CCC(C(NN)c2cccc(F)c2)O1. The topological polar surface area (TPSA) is 47.3 Å². The molecule has 1 heterocycles. The molecule has 1 aromatic rings. The normalized spacial score (nSPS) is 26.9. The molecule has 3 nitrogen and oxygen atoms in total. The first-order valence-electron chi connectivity index (χ1n) is 5.57. The first-order chi connectivity index (χ1) is 7.70. The molecular weight excluding hydrogens is 207 g/mol. The summed E-state index contributed by atoms with van der Waals surface area (Å²) in [5.41, 5.74) is 3.55. The largest absolute Gasteiger partial charge is 0.373 e. The van der Waals surface area contributed by atoms with E-state index in [1.54, 1.807) is 6.07 Å². The summed E-state index contributed by atoms with van der Waals surface area (Å²) in [4.78, 5) is 0. The van der Waals surface area contributed by atoms with Crippen LogP contribution in [0.5, 0.6) is 0 Å². The molecule has 0 aliphatic carbocycles. The molecule has 1 aromatic carbocycles. The van der Waals surface area contributed by atoms with E-state index < -0.39 is 0 Å². The molecule has 1 aliphatic rings. The molecule has 3 atom stereocenters. The van der Waals surface area contributed by atoms with E-state index >= 15 is 0 Å². The van der Waals surface area contributed by atoms with Crippen molar-refractivity contribution < 1.29 is 9.13 Å². The van der Waals surface area contributed by atoms with Crippen LogP contribution in [0, 0.1) is 5.82 Å². The van der Waals surface area contributed by atoms with E-state index in [-0.39, 0.29) is 24.1 Å². The Morgan fingerprint density at radius 2 is 2.31 bits per heavy atom. The number of benzene rings is 1. The highest BCUT2D eigenvalue weighted by Crippen LogP contribution is 2.29. The molecular formula is C12H17FN2O. The van der Waals surface area contributed by atoms with Gasteiger partial charge in [-0.3, -0.25) is 11.3 Å². The van der Waals surface area contributed by atoms with Crippen molar-refractivity contribution in [3.63, 3.8) is 0 Å². The lowest BCUT2D eigenvalue weighted by Gasteiger charge is -2.23. The molecule has 0 bridgehead atoms. The monoisotopic (exact) mass is 224 g/mol. The van der Waals surface area contributed by atoms with Crippen LogP contribution < -0.4 is 11.3 Å². The molecule has 0 spiro atoms. The summed E-state index contributed by atoms with van der Waals surface area (Å²) in [6, 6.07) is 6.33. The molecule has 0 amide bonds. The Bertz CT molecular complexity index is 359. The van der Waals surface area contributed by atoms with Crippen molar-refractivity contribution in [3.8, 4) is 0 Å². The standard InChI is InChI=1S/C12H17FN2O/c1-8-5-6-11(16-8)12(15-14)9-3-2-4-10(13)7-9/h2-4,7-8,11-12,15H,5-6,14H2,1H3. The van der Waals surface area contributed by atoms with Crippen LogP contribution >= 0.6 is 0 Å². The summed E-state index contributed by atoms with van der Waals surface area (Å²) in [7, 11) is 0. The summed E-state index contributed by atoms with van der Waals surface area (Å²) in [5.74, 6) is 5.28. The Balaban J connectivity index is 2.16. The van der Waals surface area contributed by atoms with Crippen LogP contribution in [-0.4, -0.2) is 12.2 Å². The van der Waals surface area contributed by atoms with Gasteiger partial charge in [0.05, 0.1) is 18.2 Å². The van der Waals surface area contributed by atoms with E-state index in [1.807, 2.05) is 13.0 Å². The zero-order chi connectivity index (χ0) is 11.5. The Labute approximate surface area is 94.8 Å². The van der Waals surface area contributed by atoms with Crippen molar-refractivity contribution in [2.45, 2.75) is 38.0 Å². The Hall–Kier alpha value is -0.970. The van der Waals surface area contributed by atoms with Crippen LogP contribution in [0.1, 0.15) is 31.4 Å². The third-order valence-electron chi connectivity index (χ3n) is 3.02. The average molecular weight is 224 g/mol. The van der Waals surface area contributed by atoms with Crippen molar-refractivity contribution >= 4 is 0 Å². The molecule has 1 fully saturated rings. The minimum atomic E-state index is -0.246. The predicted octanol–water partition coefficient (Wildman–Crippen LogP) is 1.90. The molecule has 0 radical (unpaired) electrons. The highest BCUT2D eigenvalue weighted by Gasteiger charge is 2.30. The second kappa shape index (κ2) is 4.91. The van der Waals surface area contributed by atoms with E-state index in [9.17, 15) is 4.39 Å². The van der Waals surface area contributed by atoms with Gasteiger partial charge in [-0.15, -0.1) is 0 Å². The van der Waals surface area contributed by atoms with Crippen molar-refractivity contribution in [2.75, 3.05) is 0 Å². The predicted molar refractivity (Wildman–Crippen MR) is 60.0 cm³/mol. The maximum atomic E-state index is 13.1. The third-order valence-corrected chi connectivity index (χ3v) is 3.02. The van der Waals surface area contributed by atoms with Gasteiger partial charge in [0.25, 0.3) is 0 Å². The minimum Gasteiger partial charge on any atom is -0.373 e. The highest BCUT2D eigenvalue weighted by atomic mass is 19.1. The summed E-state index contributed by atoms with van der Waals surface area (Å²) in [6.07, 6.45) is 2.27. The lowest BCUT2D eigenvalue weighted by atomic mass is 10.00. The summed E-state index contributed by atoms with van der Waals surface area (Å²) < 4.78 is 18.9. The number of hydrogen-bond acceptors (Lipinski definition) is 3. The maximum Gasteiger partial charge on any atom is 0.123 e. The molecule has 0 saturated carbocycles. The van der Waals surface area contributed by atoms with Gasteiger partial charge in [-0.05, 0) is 37.5 Å². The van der Waals surface area contributed by atoms with Gasteiger partial charge in [0, 0.05) is 0 Å². The fourth-order valence-corrected chi connectivity index (χ4v) is 2.20. The molecule has 1 aliphatic heterocycles.